The predicted octanol–water partition coefficient (Wildman–Crippen LogP) is 5.59. The fourth-order valence-electron chi connectivity index (χ4n) is 1.95. The van der Waals surface area contributed by atoms with Crippen LogP contribution in [0.4, 0.5) is 0 Å². The zero-order valence-electron chi connectivity index (χ0n) is 10.7. The number of benzene rings is 2. The molecule has 0 N–H and O–H groups in total. The van der Waals surface area contributed by atoms with Gasteiger partial charge in [-0.3, -0.25) is 4.79 Å². The Balaban J connectivity index is 1.95. The first-order chi connectivity index (χ1) is 10.2. The molecule has 5 heteroatoms. The van der Waals surface area contributed by atoms with Gasteiger partial charge in [-0.1, -0.05) is 47.5 Å². The van der Waals surface area contributed by atoms with Gasteiger partial charge in [-0.15, -0.1) is 11.3 Å². The number of carbonyl (C=O) groups excluding carboxylic acids is 1. The summed E-state index contributed by atoms with van der Waals surface area (Å²) in [5.74, 6) is 0. The minimum Gasteiger partial charge on any atom is -0.298 e. The van der Waals surface area contributed by atoms with Crippen LogP contribution in [0.15, 0.2) is 36.4 Å². The zero-order valence-corrected chi connectivity index (χ0v) is 13.0. The molecule has 3 aromatic rings. The summed E-state index contributed by atoms with van der Waals surface area (Å²) < 4.78 is 0.953. The van der Waals surface area contributed by atoms with Crippen LogP contribution in [0.25, 0.3) is 22.4 Å². The van der Waals surface area contributed by atoms with Gasteiger partial charge >= 0.3 is 0 Å². The Morgan fingerprint density at radius 2 is 1.86 bits per heavy atom. The molecule has 0 atom stereocenters. The molecule has 0 bridgehead atoms. The van der Waals surface area contributed by atoms with Crippen LogP contribution in [0.5, 0.6) is 0 Å². The average Bonchev–Trinajstić information content (AvgIpc) is 2.88. The number of rotatable bonds is 3. The van der Waals surface area contributed by atoms with Crippen molar-refractivity contribution < 1.29 is 4.79 Å². The van der Waals surface area contributed by atoms with E-state index in [1.54, 1.807) is 12.1 Å². The Labute approximate surface area is 135 Å². The van der Waals surface area contributed by atoms with Crippen molar-refractivity contribution in [2.24, 2.45) is 0 Å². The van der Waals surface area contributed by atoms with Crippen LogP contribution in [-0.4, -0.2) is 11.3 Å². The topological polar surface area (TPSA) is 30.0 Å². The fourth-order valence-corrected chi connectivity index (χ4v) is 3.54. The lowest BCUT2D eigenvalue weighted by Crippen LogP contribution is -1.79. The van der Waals surface area contributed by atoms with Crippen LogP contribution in [0.2, 0.25) is 10.0 Å². The van der Waals surface area contributed by atoms with Gasteiger partial charge < -0.3 is 0 Å². The summed E-state index contributed by atoms with van der Waals surface area (Å²) in [5.41, 5.74) is 2.35. The lowest BCUT2D eigenvalue weighted by molar-refractivity contribution is 0.112. The van der Waals surface area contributed by atoms with E-state index in [9.17, 15) is 4.79 Å². The van der Waals surface area contributed by atoms with Crippen LogP contribution in [0.3, 0.4) is 0 Å². The van der Waals surface area contributed by atoms with E-state index in [4.69, 9.17) is 23.2 Å². The molecule has 0 saturated heterocycles. The van der Waals surface area contributed by atoms with Crippen LogP contribution < -0.4 is 0 Å². The minimum absolute atomic E-state index is 0.552. The molecule has 0 radical (unpaired) electrons. The molecule has 0 spiro atoms. The highest BCUT2D eigenvalue weighted by Crippen LogP contribution is 2.32. The third kappa shape index (κ3) is 3.16. The van der Waals surface area contributed by atoms with E-state index in [1.165, 1.54) is 11.3 Å². The van der Waals surface area contributed by atoms with Crippen LogP contribution in [0.1, 0.15) is 20.9 Å². The van der Waals surface area contributed by atoms with E-state index >= 15 is 0 Å². The smallest absolute Gasteiger partial charge is 0.150 e. The Morgan fingerprint density at radius 3 is 2.67 bits per heavy atom. The molecule has 0 unspecified atom stereocenters. The number of aldehydes is 1. The zero-order chi connectivity index (χ0) is 14.8. The maximum absolute atomic E-state index is 10.8. The Bertz CT molecular complexity index is 855. The summed E-state index contributed by atoms with van der Waals surface area (Å²) in [7, 11) is 0. The molecule has 3 rings (SSSR count). The van der Waals surface area contributed by atoms with Crippen molar-refractivity contribution in [3.8, 4) is 0 Å². The third-order valence-electron chi connectivity index (χ3n) is 2.89. The molecule has 0 saturated carbocycles. The summed E-state index contributed by atoms with van der Waals surface area (Å²) in [5, 5.41) is 1.99. The lowest BCUT2D eigenvalue weighted by Gasteiger charge is -1.93. The highest BCUT2D eigenvalue weighted by molar-refractivity contribution is 7.19. The standard InChI is InChI=1S/C16H9Cl2NOS/c17-12-7-13(18)16-14(8-12)21-15(19-16)5-4-10-2-1-3-11(6-10)9-20/h1-9H. The van der Waals surface area contributed by atoms with Crippen molar-refractivity contribution >= 4 is 63.2 Å². The number of halogens is 2. The molecule has 2 nitrogen and oxygen atoms in total. The first-order valence-electron chi connectivity index (χ1n) is 6.14. The van der Waals surface area contributed by atoms with Gasteiger partial charge in [0.05, 0.1) is 9.72 Å². The van der Waals surface area contributed by atoms with E-state index < -0.39 is 0 Å². The minimum atomic E-state index is 0.552. The van der Waals surface area contributed by atoms with Crippen LogP contribution in [-0.2, 0) is 0 Å². The molecule has 0 amide bonds. The number of fused-ring (bicyclic) bond motifs is 1. The number of hydrogen-bond donors (Lipinski definition) is 0. The number of aromatic nitrogens is 1. The van der Waals surface area contributed by atoms with Gasteiger partial charge in [-0.05, 0) is 29.8 Å². The number of carbonyl (C=O) groups is 1. The van der Waals surface area contributed by atoms with Gasteiger partial charge in [0.15, 0.2) is 0 Å². The van der Waals surface area contributed by atoms with Gasteiger partial charge in [0.2, 0.25) is 0 Å². The molecule has 0 aliphatic rings. The molecule has 2 aromatic carbocycles. The van der Waals surface area contributed by atoms with Gasteiger partial charge in [0, 0.05) is 10.6 Å². The Hall–Kier alpha value is -1.68. The van der Waals surface area contributed by atoms with E-state index in [0.29, 0.717) is 15.6 Å². The number of hydrogen-bond acceptors (Lipinski definition) is 3. The van der Waals surface area contributed by atoms with Gasteiger partial charge in [0.1, 0.15) is 16.8 Å². The summed E-state index contributed by atoms with van der Waals surface area (Å²) >= 11 is 13.6. The molecular formula is C16H9Cl2NOS. The predicted molar refractivity (Wildman–Crippen MR) is 90.4 cm³/mol. The molecule has 21 heavy (non-hydrogen) atoms. The van der Waals surface area contributed by atoms with Crippen LogP contribution in [0, 0.1) is 0 Å². The van der Waals surface area contributed by atoms with Gasteiger partial charge in [-0.25, -0.2) is 4.98 Å². The summed E-state index contributed by atoms with van der Waals surface area (Å²) in [6.45, 7) is 0. The monoisotopic (exact) mass is 333 g/mol. The molecule has 0 aliphatic carbocycles. The van der Waals surface area contributed by atoms with Crippen molar-refractivity contribution in [2.45, 2.75) is 0 Å². The number of nitrogens with zero attached hydrogens (tertiary/aromatic N) is 1. The SMILES string of the molecule is O=Cc1cccc(C=Cc2nc3c(Cl)cc(Cl)cc3s2)c1. The highest BCUT2D eigenvalue weighted by Gasteiger charge is 2.07. The lowest BCUT2D eigenvalue weighted by atomic mass is 10.1. The normalized spacial score (nSPS) is 11.3. The van der Waals surface area contributed by atoms with Crippen molar-refractivity contribution in [3.63, 3.8) is 0 Å². The molecular weight excluding hydrogens is 325 g/mol. The second kappa shape index (κ2) is 5.98. The van der Waals surface area contributed by atoms with E-state index in [1.807, 2.05) is 36.4 Å². The molecule has 0 fully saturated rings. The summed E-state index contributed by atoms with van der Waals surface area (Å²) in [6, 6.07) is 10.9. The summed E-state index contributed by atoms with van der Waals surface area (Å²) in [4.78, 5) is 15.2. The van der Waals surface area contributed by atoms with Crippen LogP contribution >= 0.6 is 34.5 Å². The largest absolute Gasteiger partial charge is 0.298 e. The average molecular weight is 334 g/mol. The fraction of sp³-hybridized carbons (Fsp3) is 0. The maximum atomic E-state index is 10.8. The van der Waals surface area contributed by atoms with E-state index in [-0.39, 0.29) is 0 Å². The third-order valence-corrected chi connectivity index (χ3v) is 4.37. The Kier molecular flexibility index (Phi) is 4.06. The molecule has 0 aliphatic heterocycles. The quantitative estimate of drug-likeness (QED) is 0.585. The number of thiazole rings is 1. The van der Waals surface area contributed by atoms with Gasteiger partial charge in [-0.2, -0.15) is 0 Å². The maximum Gasteiger partial charge on any atom is 0.150 e. The van der Waals surface area contributed by atoms with Crippen molar-refractivity contribution in [1.29, 1.82) is 0 Å². The first kappa shape index (κ1) is 14.3. The van der Waals surface area contributed by atoms with Crippen molar-refractivity contribution in [3.05, 3.63) is 62.6 Å². The van der Waals surface area contributed by atoms with Gasteiger partial charge in [0.25, 0.3) is 0 Å². The molecule has 1 heterocycles. The second-order valence-electron chi connectivity index (χ2n) is 4.41. The first-order valence-corrected chi connectivity index (χ1v) is 7.72. The Morgan fingerprint density at radius 1 is 1.05 bits per heavy atom. The highest BCUT2D eigenvalue weighted by atomic mass is 35.5. The molecule has 104 valence electrons. The van der Waals surface area contributed by atoms with E-state index in [0.717, 1.165) is 27.1 Å². The van der Waals surface area contributed by atoms with Crippen molar-refractivity contribution in [2.75, 3.05) is 0 Å². The van der Waals surface area contributed by atoms with Crippen molar-refractivity contribution in [1.82, 2.24) is 4.98 Å². The summed E-state index contributed by atoms with van der Waals surface area (Å²) in [6.07, 6.45) is 4.65. The molecule has 1 aromatic heterocycles. The second-order valence-corrected chi connectivity index (χ2v) is 6.31. The van der Waals surface area contributed by atoms with E-state index in [2.05, 4.69) is 4.98 Å².